The number of hydrogen-bond donors (Lipinski definition) is 2. The van der Waals surface area contributed by atoms with Gasteiger partial charge in [-0.05, 0) is 32.2 Å². The highest BCUT2D eigenvalue weighted by atomic mass is 19.4. The van der Waals surface area contributed by atoms with E-state index in [2.05, 4.69) is 5.32 Å². The Bertz CT molecular complexity index is 423. The second kappa shape index (κ2) is 7.99. The van der Waals surface area contributed by atoms with Gasteiger partial charge in [0.15, 0.2) is 0 Å². The van der Waals surface area contributed by atoms with Crippen molar-refractivity contribution in [2.45, 2.75) is 50.7 Å². The van der Waals surface area contributed by atoms with Crippen molar-refractivity contribution in [3.8, 4) is 0 Å². The van der Waals surface area contributed by atoms with Gasteiger partial charge in [0, 0.05) is 12.6 Å². The van der Waals surface area contributed by atoms with Gasteiger partial charge in [0.25, 0.3) is 0 Å². The van der Waals surface area contributed by atoms with Crippen molar-refractivity contribution in [1.82, 2.24) is 15.5 Å². The molecule has 0 aromatic rings. The number of likely N-dealkylation sites (tertiary alicyclic amines) is 1. The molecule has 23 heavy (non-hydrogen) atoms. The molecule has 0 bridgehead atoms. The van der Waals surface area contributed by atoms with Crippen LogP contribution in [0.5, 0.6) is 0 Å². The fourth-order valence-electron chi connectivity index (χ4n) is 3.29. The van der Waals surface area contributed by atoms with Crippen molar-refractivity contribution >= 4 is 11.8 Å². The van der Waals surface area contributed by atoms with Crippen LogP contribution in [0.4, 0.5) is 13.2 Å². The van der Waals surface area contributed by atoms with Crippen molar-refractivity contribution < 1.29 is 22.8 Å². The third kappa shape index (κ3) is 6.37. The van der Waals surface area contributed by atoms with Gasteiger partial charge in [-0.25, -0.2) is 0 Å². The first kappa shape index (κ1) is 18.0. The summed E-state index contributed by atoms with van der Waals surface area (Å²) in [6.45, 7) is -0.0625. The van der Waals surface area contributed by atoms with Gasteiger partial charge in [-0.1, -0.05) is 12.8 Å². The zero-order valence-corrected chi connectivity index (χ0v) is 13.1. The van der Waals surface area contributed by atoms with E-state index >= 15 is 0 Å². The maximum atomic E-state index is 12.1. The van der Waals surface area contributed by atoms with Gasteiger partial charge in [0.2, 0.25) is 11.8 Å². The van der Waals surface area contributed by atoms with E-state index in [0.717, 1.165) is 25.7 Å². The van der Waals surface area contributed by atoms with Gasteiger partial charge in [0.05, 0.1) is 12.5 Å². The van der Waals surface area contributed by atoms with E-state index in [1.54, 1.807) is 0 Å². The van der Waals surface area contributed by atoms with Crippen LogP contribution >= 0.6 is 0 Å². The Morgan fingerprint density at radius 1 is 1.09 bits per heavy atom. The zero-order chi connectivity index (χ0) is 16.9. The second-order valence-electron chi connectivity index (χ2n) is 6.46. The zero-order valence-electron chi connectivity index (χ0n) is 13.1. The number of carbonyl (C=O) groups is 2. The van der Waals surface area contributed by atoms with E-state index in [1.165, 1.54) is 0 Å². The van der Waals surface area contributed by atoms with Gasteiger partial charge in [-0.2, -0.15) is 13.2 Å². The van der Waals surface area contributed by atoms with Crippen LogP contribution in [-0.2, 0) is 9.59 Å². The molecule has 1 aliphatic heterocycles. The fourth-order valence-corrected chi connectivity index (χ4v) is 3.29. The summed E-state index contributed by atoms with van der Waals surface area (Å²) < 4.78 is 36.4. The molecule has 1 aliphatic carbocycles. The highest BCUT2D eigenvalue weighted by molar-refractivity contribution is 5.80. The molecule has 5 nitrogen and oxygen atoms in total. The highest BCUT2D eigenvalue weighted by Gasteiger charge is 2.31. The Hall–Kier alpha value is -1.31. The Kier molecular flexibility index (Phi) is 6.26. The van der Waals surface area contributed by atoms with Gasteiger partial charge in [-0.3, -0.25) is 14.5 Å². The quantitative estimate of drug-likeness (QED) is 0.799. The third-order valence-corrected chi connectivity index (χ3v) is 4.43. The van der Waals surface area contributed by atoms with Gasteiger partial charge in [0.1, 0.15) is 6.54 Å². The van der Waals surface area contributed by atoms with Crippen LogP contribution in [0.15, 0.2) is 0 Å². The first-order chi connectivity index (χ1) is 10.8. The third-order valence-electron chi connectivity index (χ3n) is 4.43. The Morgan fingerprint density at radius 3 is 2.43 bits per heavy atom. The maximum absolute atomic E-state index is 12.1. The Morgan fingerprint density at radius 2 is 1.78 bits per heavy atom. The minimum absolute atomic E-state index is 0.0618. The molecular formula is C15H24F3N3O2. The topological polar surface area (TPSA) is 61.4 Å². The number of carbonyl (C=O) groups excluding carboxylic acids is 2. The minimum atomic E-state index is -4.40. The Balaban J connectivity index is 1.73. The van der Waals surface area contributed by atoms with E-state index in [1.807, 2.05) is 10.2 Å². The summed E-state index contributed by atoms with van der Waals surface area (Å²) in [6, 6.07) is 0.248. The number of nitrogens with zero attached hydrogens (tertiary/aromatic N) is 1. The summed E-state index contributed by atoms with van der Waals surface area (Å²) in [5.41, 5.74) is 0. The van der Waals surface area contributed by atoms with E-state index in [4.69, 9.17) is 0 Å². The molecule has 2 fully saturated rings. The van der Waals surface area contributed by atoms with Crippen LogP contribution < -0.4 is 10.6 Å². The molecule has 0 aromatic heterocycles. The number of alkyl halides is 3. The molecule has 0 radical (unpaired) electrons. The van der Waals surface area contributed by atoms with E-state index in [9.17, 15) is 22.8 Å². The smallest absolute Gasteiger partial charge is 0.352 e. The number of piperidine rings is 1. The van der Waals surface area contributed by atoms with Crippen LogP contribution in [0, 0.1) is 5.92 Å². The summed E-state index contributed by atoms with van der Waals surface area (Å²) in [7, 11) is 0. The lowest BCUT2D eigenvalue weighted by Crippen LogP contribution is -2.48. The molecule has 0 aromatic carbocycles. The second-order valence-corrected chi connectivity index (χ2v) is 6.46. The highest BCUT2D eigenvalue weighted by Crippen LogP contribution is 2.19. The standard InChI is InChI=1S/C15H24F3N3O2/c16-15(17,18)10-19-14(23)11-4-3-7-21(8-11)9-13(22)20-12-5-1-2-6-12/h11-12H,1-10H2,(H,19,23)(H,20,22)/t11-/m1/s1. The normalized spacial score (nSPS) is 23.7. The van der Waals surface area contributed by atoms with Crippen LogP contribution in [0.25, 0.3) is 0 Å². The van der Waals surface area contributed by atoms with Crippen LogP contribution in [0.1, 0.15) is 38.5 Å². The number of nitrogens with one attached hydrogen (secondary N) is 2. The molecule has 1 saturated heterocycles. The molecule has 132 valence electrons. The van der Waals surface area contributed by atoms with Crippen LogP contribution in [-0.4, -0.2) is 55.1 Å². The molecule has 1 saturated carbocycles. The van der Waals surface area contributed by atoms with Crippen molar-refractivity contribution in [2.75, 3.05) is 26.2 Å². The first-order valence-corrected chi connectivity index (χ1v) is 8.19. The first-order valence-electron chi connectivity index (χ1n) is 8.19. The largest absolute Gasteiger partial charge is 0.405 e. The molecule has 0 spiro atoms. The summed E-state index contributed by atoms with van der Waals surface area (Å²) in [5, 5.41) is 4.92. The summed E-state index contributed by atoms with van der Waals surface area (Å²) in [4.78, 5) is 25.7. The van der Waals surface area contributed by atoms with E-state index in [0.29, 0.717) is 25.9 Å². The molecular weight excluding hydrogens is 311 g/mol. The average molecular weight is 335 g/mol. The summed E-state index contributed by atoms with van der Waals surface area (Å²) in [5.74, 6) is -1.12. The summed E-state index contributed by atoms with van der Waals surface area (Å²) >= 11 is 0. The lowest BCUT2D eigenvalue weighted by Gasteiger charge is -2.31. The molecule has 2 aliphatic rings. The average Bonchev–Trinajstić information content (AvgIpc) is 2.97. The molecule has 0 unspecified atom stereocenters. The van der Waals surface area contributed by atoms with Crippen molar-refractivity contribution in [2.24, 2.45) is 5.92 Å². The van der Waals surface area contributed by atoms with E-state index < -0.39 is 24.5 Å². The van der Waals surface area contributed by atoms with Gasteiger partial charge >= 0.3 is 6.18 Å². The van der Waals surface area contributed by atoms with Crippen molar-refractivity contribution in [1.29, 1.82) is 0 Å². The molecule has 2 N–H and O–H groups in total. The van der Waals surface area contributed by atoms with Crippen LogP contribution in [0.3, 0.4) is 0 Å². The van der Waals surface area contributed by atoms with Crippen molar-refractivity contribution in [3.05, 3.63) is 0 Å². The number of hydrogen-bond acceptors (Lipinski definition) is 3. The van der Waals surface area contributed by atoms with Gasteiger partial charge in [-0.15, -0.1) is 0 Å². The molecule has 1 heterocycles. The Labute approximate surface area is 134 Å². The number of halogens is 3. The monoisotopic (exact) mass is 335 g/mol. The SMILES string of the molecule is O=C(CN1CCC[C@@H](C(=O)NCC(F)(F)F)C1)NC1CCCC1. The molecule has 1 atom stereocenters. The summed E-state index contributed by atoms with van der Waals surface area (Å²) in [6.07, 6.45) is 1.16. The fraction of sp³-hybridized carbons (Fsp3) is 0.867. The predicted octanol–water partition coefficient (Wildman–Crippen LogP) is 1.44. The molecule has 8 heteroatoms. The molecule has 2 rings (SSSR count). The molecule has 2 amide bonds. The van der Waals surface area contributed by atoms with Crippen LogP contribution in [0.2, 0.25) is 0 Å². The number of amides is 2. The van der Waals surface area contributed by atoms with Crippen molar-refractivity contribution in [3.63, 3.8) is 0 Å². The maximum Gasteiger partial charge on any atom is 0.405 e. The lowest BCUT2D eigenvalue weighted by molar-refractivity contribution is -0.142. The minimum Gasteiger partial charge on any atom is -0.352 e. The van der Waals surface area contributed by atoms with E-state index in [-0.39, 0.29) is 18.5 Å². The number of rotatable bonds is 5. The van der Waals surface area contributed by atoms with Gasteiger partial charge < -0.3 is 10.6 Å². The predicted molar refractivity (Wildman–Crippen MR) is 78.6 cm³/mol. The lowest BCUT2D eigenvalue weighted by atomic mass is 9.97.